The van der Waals surface area contributed by atoms with Gasteiger partial charge in [0.05, 0.1) is 0 Å². The zero-order valence-electron chi connectivity index (χ0n) is 10.7. The molecule has 3 atom stereocenters. The molecule has 0 saturated heterocycles. The highest BCUT2D eigenvalue weighted by molar-refractivity contribution is 5.84. The Labute approximate surface area is 98.3 Å². The summed E-state index contributed by atoms with van der Waals surface area (Å²) in [4.78, 5) is 13.4. The largest absolute Gasteiger partial charge is 0.368 e. The van der Waals surface area contributed by atoms with Crippen LogP contribution < -0.4 is 11.5 Å². The van der Waals surface area contributed by atoms with Crippen LogP contribution in [-0.4, -0.2) is 36.0 Å². The second-order valence-electron chi connectivity index (χ2n) is 5.53. The van der Waals surface area contributed by atoms with E-state index in [4.69, 9.17) is 11.5 Å². The molecule has 1 aliphatic carbocycles. The van der Waals surface area contributed by atoms with Gasteiger partial charge < -0.3 is 16.4 Å². The maximum atomic E-state index is 11.2. The van der Waals surface area contributed by atoms with Crippen molar-refractivity contribution in [1.82, 2.24) is 4.90 Å². The Morgan fingerprint density at radius 3 is 2.50 bits per heavy atom. The summed E-state index contributed by atoms with van der Waals surface area (Å²) in [6.07, 6.45) is 5.07. The lowest BCUT2D eigenvalue weighted by molar-refractivity contribution is -0.123. The van der Waals surface area contributed by atoms with Crippen molar-refractivity contribution >= 4 is 5.91 Å². The van der Waals surface area contributed by atoms with Gasteiger partial charge in [0.25, 0.3) is 0 Å². The second kappa shape index (κ2) is 5.15. The average molecular weight is 227 g/mol. The van der Waals surface area contributed by atoms with E-state index in [0.717, 1.165) is 0 Å². The molecule has 0 aromatic carbocycles. The van der Waals surface area contributed by atoms with Gasteiger partial charge in [-0.3, -0.25) is 4.79 Å². The van der Waals surface area contributed by atoms with E-state index in [-0.39, 0.29) is 0 Å². The first-order valence-corrected chi connectivity index (χ1v) is 6.13. The monoisotopic (exact) mass is 227 g/mol. The van der Waals surface area contributed by atoms with Crippen molar-refractivity contribution in [2.45, 2.75) is 51.1 Å². The van der Waals surface area contributed by atoms with Crippen molar-refractivity contribution in [3.8, 4) is 0 Å². The molecule has 3 unspecified atom stereocenters. The number of hydrogen-bond acceptors (Lipinski definition) is 3. The molecule has 4 N–H and O–H groups in total. The molecule has 4 nitrogen and oxygen atoms in total. The Morgan fingerprint density at radius 2 is 2.00 bits per heavy atom. The quantitative estimate of drug-likeness (QED) is 0.742. The van der Waals surface area contributed by atoms with Crippen molar-refractivity contribution in [2.24, 2.45) is 17.4 Å². The summed E-state index contributed by atoms with van der Waals surface area (Å²) in [6, 6.07) is 0.538. The van der Waals surface area contributed by atoms with E-state index in [1.165, 1.54) is 25.7 Å². The highest BCUT2D eigenvalue weighted by Gasteiger charge is 2.32. The van der Waals surface area contributed by atoms with Crippen LogP contribution in [0.5, 0.6) is 0 Å². The van der Waals surface area contributed by atoms with E-state index in [9.17, 15) is 4.79 Å². The number of nitrogens with two attached hydrogens (primary N) is 2. The molecule has 1 rings (SSSR count). The Morgan fingerprint density at radius 1 is 1.44 bits per heavy atom. The van der Waals surface area contributed by atoms with E-state index >= 15 is 0 Å². The van der Waals surface area contributed by atoms with E-state index in [1.54, 1.807) is 6.92 Å². The normalized spacial score (nSPS) is 30.1. The third kappa shape index (κ3) is 3.19. The molecular formula is C12H25N3O. The van der Waals surface area contributed by atoms with Crippen molar-refractivity contribution < 1.29 is 4.79 Å². The molecule has 0 bridgehead atoms. The lowest BCUT2D eigenvalue weighted by Crippen LogP contribution is -2.58. The fraction of sp³-hybridized carbons (Fsp3) is 0.917. The predicted octanol–water partition coefficient (Wildman–Crippen LogP) is 0.700. The molecule has 0 spiro atoms. The van der Waals surface area contributed by atoms with Gasteiger partial charge in [0.15, 0.2) is 0 Å². The topological polar surface area (TPSA) is 72.3 Å². The highest BCUT2D eigenvalue weighted by atomic mass is 16.1. The van der Waals surface area contributed by atoms with Gasteiger partial charge >= 0.3 is 0 Å². The van der Waals surface area contributed by atoms with Gasteiger partial charge in [0.1, 0.15) is 5.54 Å². The highest BCUT2D eigenvalue weighted by Crippen LogP contribution is 2.27. The Balaban J connectivity index is 2.57. The Kier molecular flexibility index (Phi) is 4.33. The maximum Gasteiger partial charge on any atom is 0.238 e. The van der Waals surface area contributed by atoms with Crippen LogP contribution in [0, 0.1) is 5.92 Å². The number of hydrogen-bond donors (Lipinski definition) is 2. The molecule has 0 radical (unpaired) electrons. The molecule has 16 heavy (non-hydrogen) atoms. The predicted molar refractivity (Wildman–Crippen MR) is 65.8 cm³/mol. The zero-order chi connectivity index (χ0) is 12.3. The summed E-state index contributed by atoms with van der Waals surface area (Å²) in [5.74, 6) is 0.255. The Hall–Kier alpha value is -0.610. The van der Waals surface area contributed by atoms with Crippen LogP contribution in [0.3, 0.4) is 0 Å². The second-order valence-corrected chi connectivity index (χ2v) is 5.53. The van der Waals surface area contributed by atoms with Crippen LogP contribution in [0.1, 0.15) is 39.5 Å². The van der Waals surface area contributed by atoms with E-state index < -0.39 is 11.4 Å². The molecule has 1 aliphatic rings. The lowest BCUT2D eigenvalue weighted by Gasteiger charge is -2.39. The summed E-state index contributed by atoms with van der Waals surface area (Å²) in [5.41, 5.74) is 10.3. The maximum absolute atomic E-state index is 11.2. The van der Waals surface area contributed by atoms with Gasteiger partial charge in [-0.05, 0) is 32.7 Å². The number of nitrogens with zero attached hydrogens (tertiary/aromatic N) is 1. The summed E-state index contributed by atoms with van der Waals surface area (Å²) in [6.45, 7) is 4.52. The molecular weight excluding hydrogens is 202 g/mol. The number of rotatable bonds is 4. The van der Waals surface area contributed by atoms with Crippen molar-refractivity contribution in [2.75, 3.05) is 13.6 Å². The molecule has 94 valence electrons. The van der Waals surface area contributed by atoms with E-state index in [2.05, 4.69) is 11.8 Å². The molecule has 1 fully saturated rings. The zero-order valence-corrected chi connectivity index (χ0v) is 10.7. The van der Waals surface area contributed by atoms with Gasteiger partial charge in [-0.2, -0.15) is 0 Å². The van der Waals surface area contributed by atoms with Crippen LogP contribution >= 0.6 is 0 Å². The summed E-state index contributed by atoms with van der Waals surface area (Å²) in [7, 11) is 2.04. The molecule has 0 aromatic heterocycles. The fourth-order valence-corrected chi connectivity index (χ4v) is 2.66. The van der Waals surface area contributed by atoms with Gasteiger partial charge in [-0.15, -0.1) is 0 Å². The summed E-state index contributed by atoms with van der Waals surface area (Å²) in [5, 5.41) is 0. The first kappa shape index (κ1) is 13.5. The molecule has 1 saturated carbocycles. The molecule has 1 amide bonds. The standard InChI is InChI=1S/C12H25N3O/c1-9-6-4-5-7-10(9)15(3)8-12(2,14)11(13)16/h9-10H,4-8,14H2,1-3H3,(H2,13,16). The van der Waals surface area contributed by atoms with Crippen molar-refractivity contribution in [1.29, 1.82) is 0 Å². The van der Waals surface area contributed by atoms with Gasteiger partial charge in [-0.25, -0.2) is 0 Å². The van der Waals surface area contributed by atoms with Crippen molar-refractivity contribution in [3.05, 3.63) is 0 Å². The van der Waals surface area contributed by atoms with Crippen LogP contribution in [0.25, 0.3) is 0 Å². The first-order valence-electron chi connectivity index (χ1n) is 6.13. The fourth-order valence-electron chi connectivity index (χ4n) is 2.66. The van der Waals surface area contributed by atoms with Crippen LogP contribution in [0.2, 0.25) is 0 Å². The number of likely N-dealkylation sites (N-methyl/N-ethyl adjacent to an activating group) is 1. The molecule has 0 aliphatic heterocycles. The lowest BCUT2D eigenvalue weighted by atomic mass is 9.84. The van der Waals surface area contributed by atoms with Crippen LogP contribution in [0.15, 0.2) is 0 Å². The van der Waals surface area contributed by atoms with Gasteiger partial charge in [0, 0.05) is 12.6 Å². The minimum Gasteiger partial charge on any atom is -0.368 e. The molecule has 0 aromatic rings. The van der Waals surface area contributed by atoms with Gasteiger partial charge in [0.2, 0.25) is 5.91 Å². The summed E-state index contributed by atoms with van der Waals surface area (Å²) >= 11 is 0. The third-order valence-corrected chi connectivity index (χ3v) is 3.77. The molecule has 0 heterocycles. The minimum absolute atomic E-state index is 0.428. The third-order valence-electron chi connectivity index (χ3n) is 3.77. The van der Waals surface area contributed by atoms with E-state index in [1.807, 2.05) is 7.05 Å². The SMILES string of the molecule is CC1CCCCC1N(C)CC(C)(N)C(N)=O. The number of primary amides is 1. The number of carbonyl (C=O) groups is 1. The Bertz CT molecular complexity index is 253. The first-order chi connectivity index (χ1) is 7.34. The number of amides is 1. The van der Waals surface area contributed by atoms with Crippen LogP contribution in [-0.2, 0) is 4.79 Å². The molecule has 4 heteroatoms. The van der Waals surface area contributed by atoms with Crippen LogP contribution in [0.4, 0.5) is 0 Å². The van der Waals surface area contributed by atoms with Crippen molar-refractivity contribution in [3.63, 3.8) is 0 Å². The van der Waals surface area contributed by atoms with E-state index in [0.29, 0.717) is 18.5 Å². The summed E-state index contributed by atoms with van der Waals surface area (Å²) < 4.78 is 0. The van der Waals surface area contributed by atoms with Gasteiger partial charge in [-0.1, -0.05) is 19.8 Å². The average Bonchev–Trinajstić information content (AvgIpc) is 2.17. The minimum atomic E-state index is -0.925. The number of carbonyl (C=O) groups excluding carboxylic acids is 1. The smallest absolute Gasteiger partial charge is 0.238 e.